The highest BCUT2D eigenvalue weighted by Crippen LogP contribution is 2.33. The standard InChI is InChI=1S/C18H16F3N5O2/c1-2-9-26-16(27)7-5-13(24-26)17(28)23-14-11-12(18(19,20)21)4-6-15(14)25-10-3-8-22-25/h3-8,10-11H,2,9H2,1H3,(H,23,28). The zero-order valence-corrected chi connectivity index (χ0v) is 14.8. The molecule has 0 fully saturated rings. The van der Waals surface area contributed by atoms with Crippen LogP contribution in [0.1, 0.15) is 29.4 Å². The van der Waals surface area contributed by atoms with Crippen molar-refractivity contribution < 1.29 is 18.0 Å². The summed E-state index contributed by atoms with van der Waals surface area (Å²) in [5.74, 6) is -0.738. The fraction of sp³-hybridized carbons (Fsp3) is 0.222. The first-order valence-corrected chi connectivity index (χ1v) is 8.40. The molecule has 146 valence electrons. The van der Waals surface area contributed by atoms with E-state index in [1.165, 1.54) is 35.3 Å². The molecule has 0 aliphatic carbocycles. The van der Waals surface area contributed by atoms with E-state index >= 15 is 0 Å². The fourth-order valence-corrected chi connectivity index (χ4v) is 2.55. The highest BCUT2D eigenvalue weighted by molar-refractivity contribution is 6.03. The number of anilines is 1. The number of aromatic nitrogens is 4. The Bertz CT molecular complexity index is 1040. The summed E-state index contributed by atoms with van der Waals surface area (Å²) in [4.78, 5) is 24.3. The van der Waals surface area contributed by atoms with Gasteiger partial charge in [0.25, 0.3) is 11.5 Å². The topological polar surface area (TPSA) is 81.8 Å². The van der Waals surface area contributed by atoms with Crippen LogP contribution >= 0.6 is 0 Å². The molecule has 2 heterocycles. The van der Waals surface area contributed by atoms with Crippen molar-refractivity contribution in [2.24, 2.45) is 0 Å². The Morgan fingerprint density at radius 1 is 1.21 bits per heavy atom. The van der Waals surface area contributed by atoms with Crippen LogP contribution in [0.3, 0.4) is 0 Å². The summed E-state index contributed by atoms with van der Waals surface area (Å²) in [5, 5.41) is 10.4. The molecule has 1 amide bonds. The van der Waals surface area contributed by atoms with Gasteiger partial charge in [-0.25, -0.2) is 9.36 Å². The van der Waals surface area contributed by atoms with Crippen LogP contribution in [0.4, 0.5) is 18.9 Å². The molecule has 0 atom stereocenters. The molecular formula is C18H16F3N5O2. The summed E-state index contributed by atoms with van der Waals surface area (Å²) in [6.07, 6.45) is -0.937. The van der Waals surface area contributed by atoms with Crippen LogP contribution in [0.25, 0.3) is 5.69 Å². The van der Waals surface area contributed by atoms with E-state index in [0.29, 0.717) is 13.0 Å². The van der Waals surface area contributed by atoms with Gasteiger partial charge in [-0.2, -0.15) is 23.4 Å². The summed E-state index contributed by atoms with van der Waals surface area (Å²) in [5.41, 5.74) is -1.19. The summed E-state index contributed by atoms with van der Waals surface area (Å²) < 4.78 is 41.8. The molecule has 1 N–H and O–H groups in total. The lowest BCUT2D eigenvalue weighted by molar-refractivity contribution is -0.137. The van der Waals surface area contributed by atoms with E-state index in [1.54, 1.807) is 6.07 Å². The molecule has 0 aliphatic rings. The Morgan fingerprint density at radius 2 is 2.00 bits per heavy atom. The van der Waals surface area contributed by atoms with E-state index in [0.717, 1.165) is 16.8 Å². The van der Waals surface area contributed by atoms with Crippen molar-refractivity contribution in [3.8, 4) is 5.69 Å². The number of alkyl halides is 3. The molecule has 0 aliphatic heterocycles. The first kappa shape index (κ1) is 19.3. The number of rotatable bonds is 5. The van der Waals surface area contributed by atoms with Gasteiger partial charge in [0, 0.05) is 25.0 Å². The minimum absolute atomic E-state index is 0.0847. The second-order valence-electron chi connectivity index (χ2n) is 5.91. The van der Waals surface area contributed by atoms with Crippen LogP contribution in [-0.4, -0.2) is 25.5 Å². The van der Waals surface area contributed by atoms with Gasteiger partial charge in [0.05, 0.1) is 16.9 Å². The molecule has 0 unspecified atom stereocenters. The highest BCUT2D eigenvalue weighted by Gasteiger charge is 2.31. The van der Waals surface area contributed by atoms with Gasteiger partial charge in [0.1, 0.15) is 5.69 Å². The fourth-order valence-electron chi connectivity index (χ4n) is 2.55. The normalized spacial score (nSPS) is 11.4. The van der Waals surface area contributed by atoms with Gasteiger partial charge in [-0.15, -0.1) is 0 Å². The Balaban J connectivity index is 1.99. The third-order valence-electron chi connectivity index (χ3n) is 3.86. The molecule has 2 aromatic heterocycles. The molecule has 28 heavy (non-hydrogen) atoms. The monoisotopic (exact) mass is 391 g/mol. The lowest BCUT2D eigenvalue weighted by Crippen LogP contribution is -2.26. The number of amides is 1. The zero-order chi connectivity index (χ0) is 20.3. The smallest absolute Gasteiger partial charge is 0.319 e. The van der Waals surface area contributed by atoms with Gasteiger partial charge in [-0.3, -0.25) is 9.59 Å². The van der Waals surface area contributed by atoms with Crippen LogP contribution in [0.2, 0.25) is 0 Å². The summed E-state index contributed by atoms with van der Waals surface area (Å²) in [6, 6.07) is 6.98. The number of carbonyl (C=O) groups excluding carboxylic acids is 1. The number of hydrogen-bond donors (Lipinski definition) is 1. The minimum Gasteiger partial charge on any atom is -0.319 e. The summed E-state index contributed by atoms with van der Waals surface area (Å²) in [7, 11) is 0. The van der Waals surface area contributed by atoms with Crippen molar-refractivity contribution in [1.82, 2.24) is 19.6 Å². The van der Waals surface area contributed by atoms with Gasteiger partial charge in [-0.05, 0) is 36.8 Å². The summed E-state index contributed by atoms with van der Waals surface area (Å²) in [6.45, 7) is 2.17. The molecule has 10 heteroatoms. The van der Waals surface area contributed by atoms with E-state index in [4.69, 9.17) is 0 Å². The third-order valence-corrected chi connectivity index (χ3v) is 3.86. The van der Waals surface area contributed by atoms with E-state index in [9.17, 15) is 22.8 Å². The second kappa shape index (κ2) is 7.67. The maximum atomic E-state index is 13.1. The van der Waals surface area contributed by atoms with Gasteiger partial charge in [0.2, 0.25) is 0 Å². The van der Waals surface area contributed by atoms with Crippen LogP contribution < -0.4 is 10.9 Å². The number of benzene rings is 1. The number of hydrogen-bond acceptors (Lipinski definition) is 4. The van der Waals surface area contributed by atoms with Crippen LogP contribution in [0, 0.1) is 0 Å². The first-order valence-electron chi connectivity index (χ1n) is 8.40. The second-order valence-corrected chi connectivity index (χ2v) is 5.91. The Hall–Kier alpha value is -3.43. The lowest BCUT2D eigenvalue weighted by Gasteiger charge is -2.14. The van der Waals surface area contributed by atoms with Crippen LogP contribution in [0.15, 0.2) is 53.6 Å². The van der Waals surface area contributed by atoms with Gasteiger partial charge in [0.15, 0.2) is 0 Å². The maximum Gasteiger partial charge on any atom is 0.416 e. The van der Waals surface area contributed by atoms with E-state index in [2.05, 4.69) is 15.5 Å². The van der Waals surface area contributed by atoms with Crippen molar-refractivity contribution in [1.29, 1.82) is 0 Å². The zero-order valence-electron chi connectivity index (χ0n) is 14.8. The molecule has 0 saturated heterocycles. The Morgan fingerprint density at radius 3 is 2.64 bits per heavy atom. The van der Waals surface area contributed by atoms with Crippen molar-refractivity contribution >= 4 is 11.6 Å². The van der Waals surface area contributed by atoms with Crippen molar-refractivity contribution in [2.45, 2.75) is 26.1 Å². The maximum absolute atomic E-state index is 13.1. The molecule has 3 rings (SSSR count). The number of nitrogens with one attached hydrogen (secondary N) is 1. The molecule has 7 nitrogen and oxygen atoms in total. The molecule has 3 aromatic rings. The van der Waals surface area contributed by atoms with E-state index in [-0.39, 0.29) is 22.6 Å². The van der Waals surface area contributed by atoms with Gasteiger partial charge in [-0.1, -0.05) is 6.92 Å². The van der Waals surface area contributed by atoms with E-state index < -0.39 is 17.6 Å². The molecular weight excluding hydrogens is 375 g/mol. The number of carbonyl (C=O) groups is 1. The largest absolute Gasteiger partial charge is 0.416 e. The predicted molar refractivity (Wildman–Crippen MR) is 95.3 cm³/mol. The SMILES string of the molecule is CCCn1nc(C(=O)Nc2cc(C(F)(F)F)ccc2-n2cccn2)ccc1=O. The van der Waals surface area contributed by atoms with Crippen molar-refractivity contribution in [3.63, 3.8) is 0 Å². The van der Waals surface area contributed by atoms with Crippen LogP contribution in [-0.2, 0) is 12.7 Å². The number of aryl methyl sites for hydroxylation is 1. The predicted octanol–water partition coefficient (Wildman–Crippen LogP) is 3.11. The van der Waals surface area contributed by atoms with Crippen molar-refractivity contribution in [3.05, 3.63) is 70.4 Å². The Labute approximate surface area is 157 Å². The average molecular weight is 391 g/mol. The van der Waals surface area contributed by atoms with Gasteiger partial charge < -0.3 is 5.32 Å². The molecule has 0 spiro atoms. The molecule has 0 radical (unpaired) electrons. The van der Waals surface area contributed by atoms with E-state index in [1.807, 2.05) is 6.92 Å². The number of halogens is 3. The lowest BCUT2D eigenvalue weighted by atomic mass is 10.1. The quantitative estimate of drug-likeness (QED) is 0.725. The minimum atomic E-state index is -4.57. The van der Waals surface area contributed by atoms with Crippen LogP contribution in [0.5, 0.6) is 0 Å². The molecule has 1 aromatic carbocycles. The Kier molecular flexibility index (Phi) is 5.30. The van der Waals surface area contributed by atoms with Gasteiger partial charge >= 0.3 is 6.18 Å². The van der Waals surface area contributed by atoms with Crippen molar-refractivity contribution in [2.75, 3.05) is 5.32 Å². The first-order chi connectivity index (χ1) is 13.3. The molecule has 0 saturated carbocycles. The molecule has 0 bridgehead atoms. The summed E-state index contributed by atoms with van der Waals surface area (Å²) >= 11 is 0. The average Bonchev–Trinajstić information content (AvgIpc) is 3.17. The highest BCUT2D eigenvalue weighted by atomic mass is 19.4. The third kappa shape index (κ3) is 4.11. The number of nitrogens with zero attached hydrogens (tertiary/aromatic N) is 4.